The molecule has 0 aliphatic carbocycles. The van der Waals surface area contributed by atoms with Crippen LogP contribution in [0.4, 0.5) is 13.2 Å². The van der Waals surface area contributed by atoms with Crippen molar-refractivity contribution >= 4 is 21.6 Å². The van der Waals surface area contributed by atoms with E-state index in [0.717, 1.165) is 5.56 Å². The molecule has 0 aliphatic rings. The molecule has 8 heteroatoms. The van der Waals surface area contributed by atoms with Crippen LogP contribution in [0.3, 0.4) is 0 Å². The summed E-state index contributed by atoms with van der Waals surface area (Å²) in [4.78, 5) is 0. The quantitative estimate of drug-likeness (QED) is 0.737. The summed E-state index contributed by atoms with van der Waals surface area (Å²) in [6.07, 6.45) is -5.52. The number of alkyl halides is 4. The lowest BCUT2D eigenvalue weighted by Crippen LogP contribution is -2.39. The average Bonchev–Trinajstić information content (AvgIpc) is 2.37. The fraction of sp³-hybridized carbons (Fsp3) is 0.538. The van der Waals surface area contributed by atoms with Crippen LogP contribution in [0.2, 0.25) is 0 Å². The minimum Gasteiger partial charge on any atom is -0.212 e. The van der Waals surface area contributed by atoms with E-state index in [9.17, 15) is 21.6 Å². The fourth-order valence-electron chi connectivity index (χ4n) is 1.80. The molecule has 21 heavy (non-hydrogen) atoms. The molecule has 1 atom stereocenters. The summed E-state index contributed by atoms with van der Waals surface area (Å²) in [5.74, 6) is -0.512. The number of benzene rings is 1. The molecule has 0 bridgehead atoms. The Balaban J connectivity index is 2.51. The van der Waals surface area contributed by atoms with Crippen molar-refractivity contribution in [2.75, 3.05) is 11.6 Å². The van der Waals surface area contributed by atoms with Crippen molar-refractivity contribution in [1.82, 2.24) is 4.72 Å². The summed E-state index contributed by atoms with van der Waals surface area (Å²) in [6, 6.07) is 8.59. The highest BCUT2D eigenvalue weighted by atomic mass is 35.5. The zero-order chi connectivity index (χ0) is 15.9. The first-order chi connectivity index (χ1) is 9.72. The molecule has 0 aromatic heterocycles. The maximum absolute atomic E-state index is 12.0. The molecule has 1 rings (SSSR count). The Bertz CT molecular complexity index is 520. The van der Waals surface area contributed by atoms with Crippen LogP contribution in [0.5, 0.6) is 0 Å². The van der Waals surface area contributed by atoms with Crippen molar-refractivity contribution in [1.29, 1.82) is 0 Å². The molecule has 0 saturated carbocycles. The van der Waals surface area contributed by atoms with Crippen LogP contribution in [-0.4, -0.2) is 32.3 Å². The second-order valence-electron chi connectivity index (χ2n) is 4.70. The standard InChI is InChI=1S/C13H17ClF3NO2S/c14-10-12(9-11-5-2-1-3-6-11)18-21(19,20)8-4-7-13(15,16)17/h1-3,5-6,12,18H,4,7-10H2. The van der Waals surface area contributed by atoms with Gasteiger partial charge in [-0.1, -0.05) is 30.3 Å². The maximum atomic E-state index is 12.0. The molecular formula is C13H17ClF3NO2S. The van der Waals surface area contributed by atoms with Gasteiger partial charge in [-0.2, -0.15) is 13.2 Å². The third-order valence-corrected chi connectivity index (χ3v) is 4.62. The summed E-state index contributed by atoms with van der Waals surface area (Å²) >= 11 is 5.72. The second-order valence-corrected chi connectivity index (χ2v) is 6.88. The van der Waals surface area contributed by atoms with Crippen LogP contribution < -0.4 is 4.72 Å². The zero-order valence-corrected chi connectivity index (χ0v) is 12.8. The Hall–Kier alpha value is -0.790. The third kappa shape index (κ3) is 8.28. The van der Waals surface area contributed by atoms with E-state index in [1.807, 2.05) is 30.3 Å². The molecule has 1 aromatic rings. The Morgan fingerprint density at radius 1 is 1.19 bits per heavy atom. The van der Waals surface area contributed by atoms with Gasteiger partial charge in [0.25, 0.3) is 0 Å². The Labute approximate surface area is 127 Å². The molecule has 0 amide bonds. The van der Waals surface area contributed by atoms with Gasteiger partial charge in [-0.3, -0.25) is 0 Å². The lowest BCUT2D eigenvalue weighted by molar-refractivity contribution is -0.134. The number of sulfonamides is 1. The first-order valence-electron chi connectivity index (χ1n) is 6.38. The van der Waals surface area contributed by atoms with Crippen molar-refractivity contribution in [3.8, 4) is 0 Å². The molecule has 0 aliphatic heterocycles. The second kappa shape index (κ2) is 8.00. The highest BCUT2D eigenvalue weighted by Gasteiger charge is 2.28. The van der Waals surface area contributed by atoms with Gasteiger partial charge in [0, 0.05) is 18.3 Å². The SMILES string of the molecule is O=S(=O)(CCCC(F)(F)F)NC(CCl)Cc1ccccc1. The van der Waals surface area contributed by atoms with Crippen molar-refractivity contribution in [3.05, 3.63) is 35.9 Å². The van der Waals surface area contributed by atoms with Crippen molar-refractivity contribution in [2.45, 2.75) is 31.5 Å². The van der Waals surface area contributed by atoms with Gasteiger partial charge in [-0.15, -0.1) is 11.6 Å². The summed E-state index contributed by atoms with van der Waals surface area (Å²) in [6.45, 7) is 0. The number of rotatable bonds is 8. The summed E-state index contributed by atoms with van der Waals surface area (Å²) < 4.78 is 61.9. The molecule has 1 unspecified atom stereocenters. The highest BCUT2D eigenvalue weighted by Crippen LogP contribution is 2.21. The molecule has 0 saturated heterocycles. The van der Waals surface area contributed by atoms with E-state index in [1.54, 1.807) is 0 Å². The lowest BCUT2D eigenvalue weighted by Gasteiger charge is -2.16. The van der Waals surface area contributed by atoms with E-state index in [4.69, 9.17) is 11.6 Å². The van der Waals surface area contributed by atoms with Crippen LogP contribution in [0.25, 0.3) is 0 Å². The number of nitrogens with one attached hydrogen (secondary N) is 1. The van der Waals surface area contributed by atoms with Gasteiger partial charge >= 0.3 is 6.18 Å². The van der Waals surface area contributed by atoms with Gasteiger partial charge in [0.15, 0.2) is 0 Å². The molecule has 1 N–H and O–H groups in total. The number of halogens is 4. The summed E-state index contributed by atoms with van der Waals surface area (Å²) in [7, 11) is -3.77. The van der Waals surface area contributed by atoms with Crippen molar-refractivity contribution < 1.29 is 21.6 Å². The van der Waals surface area contributed by atoms with E-state index in [1.165, 1.54) is 0 Å². The molecule has 3 nitrogen and oxygen atoms in total. The molecule has 1 aromatic carbocycles. The first-order valence-corrected chi connectivity index (χ1v) is 8.57. The first kappa shape index (κ1) is 18.3. The lowest BCUT2D eigenvalue weighted by atomic mass is 10.1. The zero-order valence-electron chi connectivity index (χ0n) is 11.2. The normalized spacial score (nSPS) is 14.1. The van der Waals surface area contributed by atoms with E-state index in [-0.39, 0.29) is 5.88 Å². The topological polar surface area (TPSA) is 46.2 Å². The Morgan fingerprint density at radius 3 is 2.33 bits per heavy atom. The van der Waals surface area contributed by atoms with Gasteiger partial charge in [0.05, 0.1) is 5.75 Å². The average molecular weight is 344 g/mol. The van der Waals surface area contributed by atoms with Gasteiger partial charge in [0.1, 0.15) is 0 Å². The molecule has 0 heterocycles. The Morgan fingerprint density at radius 2 is 1.81 bits per heavy atom. The minimum absolute atomic E-state index is 0.0490. The van der Waals surface area contributed by atoms with Crippen LogP contribution in [-0.2, 0) is 16.4 Å². The van der Waals surface area contributed by atoms with E-state index < -0.39 is 40.8 Å². The van der Waals surface area contributed by atoms with Crippen LogP contribution in [0.15, 0.2) is 30.3 Å². The van der Waals surface area contributed by atoms with E-state index >= 15 is 0 Å². The maximum Gasteiger partial charge on any atom is 0.389 e. The van der Waals surface area contributed by atoms with Gasteiger partial charge < -0.3 is 0 Å². The summed E-state index contributed by atoms with van der Waals surface area (Å²) in [5.41, 5.74) is 0.904. The van der Waals surface area contributed by atoms with E-state index in [0.29, 0.717) is 6.42 Å². The fourth-order valence-corrected chi connectivity index (χ4v) is 3.40. The predicted octanol–water partition coefficient (Wildman–Crippen LogP) is 3.10. The minimum atomic E-state index is -4.34. The van der Waals surface area contributed by atoms with Crippen LogP contribution in [0, 0.1) is 0 Å². The molecule has 120 valence electrons. The van der Waals surface area contributed by atoms with Gasteiger partial charge in [-0.05, 0) is 18.4 Å². The van der Waals surface area contributed by atoms with Crippen LogP contribution >= 0.6 is 11.6 Å². The van der Waals surface area contributed by atoms with Crippen LogP contribution in [0.1, 0.15) is 18.4 Å². The number of hydrogen-bond donors (Lipinski definition) is 1. The third-order valence-electron chi connectivity index (χ3n) is 2.73. The Kier molecular flexibility index (Phi) is 6.96. The molecule has 0 radical (unpaired) electrons. The predicted molar refractivity (Wildman–Crippen MR) is 76.9 cm³/mol. The largest absolute Gasteiger partial charge is 0.389 e. The van der Waals surface area contributed by atoms with Gasteiger partial charge in [0.2, 0.25) is 10.0 Å². The summed E-state index contributed by atoms with van der Waals surface area (Å²) in [5, 5.41) is 0. The molecular weight excluding hydrogens is 327 g/mol. The molecule has 0 fully saturated rings. The smallest absolute Gasteiger partial charge is 0.212 e. The highest BCUT2D eigenvalue weighted by molar-refractivity contribution is 7.89. The molecule has 0 spiro atoms. The van der Waals surface area contributed by atoms with Gasteiger partial charge in [-0.25, -0.2) is 13.1 Å². The monoisotopic (exact) mass is 343 g/mol. The van der Waals surface area contributed by atoms with Crippen molar-refractivity contribution in [3.63, 3.8) is 0 Å². The van der Waals surface area contributed by atoms with Crippen molar-refractivity contribution in [2.24, 2.45) is 0 Å². The number of hydrogen-bond acceptors (Lipinski definition) is 2. The van der Waals surface area contributed by atoms with E-state index in [2.05, 4.69) is 4.72 Å².